The molecule has 1 saturated carbocycles. The highest BCUT2D eigenvalue weighted by molar-refractivity contribution is 7.13. The summed E-state index contributed by atoms with van der Waals surface area (Å²) in [4.78, 5) is 1.35. The maximum absolute atomic E-state index is 3.82. The van der Waals surface area contributed by atoms with Gasteiger partial charge in [-0.15, -0.1) is 11.3 Å². The summed E-state index contributed by atoms with van der Waals surface area (Å²) in [5.41, 5.74) is 3.16. The minimum absolute atomic E-state index is 0.518. The second kappa shape index (κ2) is 6.23. The van der Waals surface area contributed by atoms with Crippen LogP contribution >= 0.6 is 11.3 Å². The van der Waals surface area contributed by atoms with Crippen molar-refractivity contribution >= 4 is 17.0 Å². The minimum Gasteiger partial charge on any atom is -0.382 e. The normalized spacial score (nSPS) is 21.7. The lowest BCUT2D eigenvalue weighted by Gasteiger charge is -2.23. The van der Waals surface area contributed by atoms with Crippen molar-refractivity contribution in [2.75, 3.05) is 5.32 Å². The van der Waals surface area contributed by atoms with E-state index in [4.69, 9.17) is 0 Å². The summed E-state index contributed by atoms with van der Waals surface area (Å²) in [7, 11) is 0. The second-order valence-corrected chi connectivity index (χ2v) is 7.91. The monoisotopic (exact) mass is 299 g/mol. The number of thiophene rings is 1. The fourth-order valence-electron chi connectivity index (χ4n) is 3.28. The van der Waals surface area contributed by atoms with Crippen molar-refractivity contribution in [3.63, 3.8) is 0 Å². The molecule has 0 amide bonds. The van der Waals surface area contributed by atoms with Gasteiger partial charge in [-0.25, -0.2) is 0 Å². The average Bonchev–Trinajstić information content (AvgIpc) is 2.93. The zero-order valence-electron chi connectivity index (χ0n) is 13.1. The van der Waals surface area contributed by atoms with Crippen LogP contribution in [0.25, 0.3) is 10.4 Å². The molecule has 1 heterocycles. The van der Waals surface area contributed by atoms with Crippen molar-refractivity contribution < 1.29 is 0 Å². The summed E-state index contributed by atoms with van der Waals surface area (Å²) in [5.74, 6) is 0. The van der Waals surface area contributed by atoms with E-state index in [9.17, 15) is 0 Å². The molecule has 1 fully saturated rings. The Bertz CT molecular complexity index is 571. The minimum atomic E-state index is 0.518. The van der Waals surface area contributed by atoms with Gasteiger partial charge in [-0.3, -0.25) is 0 Å². The van der Waals surface area contributed by atoms with Crippen molar-refractivity contribution in [1.82, 2.24) is 0 Å². The molecule has 1 aliphatic rings. The molecule has 112 valence electrons. The summed E-state index contributed by atoms with van der Waals surface area (Å²) in [6, 6.07) is 13.7. The summed E-state index contributed by atoms with van der Waals surface area (Å²) in [6.07, 6.45) is 6.60. The number of rotatable bonds is 3. The summed E-state index contributed by atoms with van der Waals surface area (Å²) >= 11 is 1.82. The molecular formula is C19H25NS. The molecule has 2 aromatic rings. The molecule has 1 N–H and O–H groups in total. The van der Waals surface area contributed by atoms with Crippen molar-refractivity contribution in [1.29, 1.82) is 0 Å². The highest BCUT2D eigenvalue weighted by atomic mass is 32.1. The van der Waals surface area contributed by atoms with Crippen LogP contribution < -0.4 is 5.32 Å². The third kappa shape index (κ3) is 3.68. The number of para-hydroxylation sites is 1. The standard InChI is InChI=1S/C19H25NS/c1-19(2)12-5-7-15(11-13-19)20-17-9-4-3-8-16(17)18-10-6-14-21-18/h3-4,6,8-10,14-15,20H,5,7,11-13H2,1-2H3. The Hall–Kier alpha value is -1.28. The van der Waals surface area contributed by atoms with E-state index in [1.165, 1.54) is 48.2 Å². The van der Waals surface area contributed by atoms with E-state index in [0.717, 1.165) is 0 Å². The van der Waals surface area contributed by atoms with Crippen LogP contribution in [0.5, 0.6) is 0 Å². The third-order valence-corrected chi connectivity index (χ3v) is 5.55. The SMILES string of the molecule is CC1(C)CCCC(Nc2ccccc2-c2cccs2)CC1. The fraction of sp³-hybridized carbons (Fsp3) is 0.474. The van der Waals surface area contributed by atoms with E-state index in [1.807, 2.05) is 11.3 Å². The summed E-state index contributed by atoms with van der Waals surface area (Å²) in [5, 5.41) is 5.98. The fourth-order valence-corrected chi connectivity index (χ4v) is 4.05. The van der Waals surface area contributed by atoms with Crippen LogP contribution in [0.15, 0.2) is 41.8 Å². The molecule has 0 bridgehead atoms. The van der Waals surface area contributed by atoms with Crippen molar-refractivity contribution in [3.8, 4) is 10.4 Å². The van der Waals surface area contributed by atoms with Gasteiger partial charge in [-0.05, 0) is 48.6 Å². The lowest BCUT2D eigenvalue weighted by Crippen LogP contribution is -2.19. The van der Waals surface area contributed by atoms with Gasteiger partial charge >= 0.3 is 0 Å². The molecule has 0 spiro atoms. The van der Waals surface area contributed by atoms with E-state index < -0.39 is 0 Å². The van der Waals surface area contributed by atoms with E-state index >= 15 is 0 Å². The van der Waals surface area contributed by atoms with Crippen LogP contribution in [0.2, 0.25) is 0 Å². The molecule has 1 nitrogen and oxygen atoms in total. The Balaban J connectivity index is 1.76. The van der Waals surface area contributed by atoms with Crippen LogP contribution in [0.1, 0.15) is 46.0 Å². The van der Waals surface area contributed by atoms with E-state index in [2.05, 4.69) is 60.9 Å². The van der Waals surface area contributed by atoms with Gasteiger partial charge in [-0.1, -0.05) is 44.5 Å². The molecule has 1 unspecified atom stereocenters. The van der Waals surface area contributed by atoms with Gasteiger partial charge in [0.15, 0.2) is 0 Å². The lowest BCUT2D eigenvalue weighted by atomic mass is 9.85. The first kappa shape index (κ1) is 14.6. The number of hydrogen-bond donors (Lipinski definition) is 1. The van der Waals surface area contributed by atoms with Gasteiger partial charge in [0.1, 0.15) is 0 Å². The molecular weight excluding hydrogens is 274 g/mol. The number of nitrogens with one attached hydrogen (secondary N) is 1. The largest absolute Gasteiger partial charge is 0.382 e. The molecule has 1 aliphatic carbocycles. The molecule has 0 saturated heterocycles. The summed E-state index contributed by atoms with van der Waals surface area (Å²) < 4.78 is 0. The topological polar surface area (TPSA) is 12.0 Å². The molecule has 3 rings (SSSR count). The number of benzene rings is 1. The van der Waals surface area contributed by atoms with Crippen LogP contribution in [0, 0.1) is 5.41 Å². The first-order chi connectivity index (χ1) is 10.1. The maximum atomic E-state index is 3.82. The smallest absolute Gasteiger partial charge is 0.0430 e. The Morgan fingerprint density at radius 3 is 2.71 bits per heavy atom. The van der Waals surface area contributed by atoms with Gasteiger partial charge < -0.3 is 5.32 Å². The van der Waals surface area contributed by atoms with Crippen molar-refractivity contribution in [2.24, 2.45) is 5.41 Å². The van der Waals surface area contributed by atoms with Gasteiger partial charge in [0, 0.05) is 22.2 Å². The first-order valence-electron chi connectivity index (χ1n) is 8.03. The molecule has 0 radical (unpaired) electrons. The van der Waals surface area contributed by atoms with Crippen LogP contribution in [-0.4, -0.2) is 6.04 Å². The zero-order valence-corrected chi connectivity index (χ0v) is 13.9. The molecule has 21 heavy (non-hydrogen) atoms. The van der Waals surface area contributed by atoms with Gasteiger partial charge in [0.2, 0.25) is 0 Å². The van der Waals surface area contributed by atoms with E-state index in [1.54, 1.807) is 0 Å². The molecule has 1 aromatic carbocycles. The third-order valence-electron chi connectivity index (χ3n) is 4.65. The lowest BCUT2D eigenvalue weighted by molar-refractivity contribution is 0.313. The predicted octanol–water partition coefficient (Wildman–Crippen LogP) is 6.19. The quantitative estimate of drug-likeness (QED) is 0.667. The predicted molar refractivity (Wildman–Crippen MR) is 94.0 cm³/mol. The van der Waals surface area contributed by atoms with E-state index in [-0.39, 0.29) is 0 Å². The van der Waals surface area contributed by atoms with Crippen LogP contribution in [-0.2, 0) is 0 Å². The number of anilines is 1. The Morgan fingerprint density at radius 2 is 1.90 bits per heavy atom. The molecule has 1 aromatic heterocycles. The highest BCUT2D eigenvalue weighted by Crippen LogP contribution is 2.36. The second-order valence-electron chi connectivity index (χ2n) is 6.96. The Morgan fingerprint density at radius 1 is 1.05 bits per heavy atom. The van der Waals surface area contributed by atoms with Gasteiger partial charge in [0.05, 0.1) is 0 Å². The average molecular weight is 299 g/mol. The van der Waals surface area contributed by atoms with Gasteiger partial charge in [-0.2, -0.15) is 0 Å². The molecule has 2 heteroatoms. The number of hydrogen-bond acceptors (Lipinski definition) is 2. The molecule has 0 aliphatic heterocycles. The van der Waals surface area contributed by atoms with Crippen molar-refractivity contribution in [2.45, 2.75) is 52.0 Å². The zero-order chi connectivity index (χ0) is 14.7. The Labute approximate surface area is 132 Å². The Kier molecular flexibility index (Phi) is 4.34. The van der Waals surface area contributed by atoms with Crippen LogP contribution in [0.3, 0.4) is 0 Å². The van der Waals surface area contributed by atoms with Crippen molar-refractivity contribution in [3.05, 3.63) is 41.8 Å². The van der Waals surface area contributed by atoms with E-state index in [0.29, 0.717) is 11.5 Å². The molecule has 1 atom stereocenters. The first-order valence-corrected chi connectivity index (χ1v) is 8.91. The van der Waals surface area contributed by atoms with Crippen LogP contribution in [0.4, 0.5) is 5.69 Å². The maximum Gasteiger partial charge on any atom is 0.0430 e. The highest BCUT2D eigenvalue weighted by Gasteiger charge is 2.24. The van der Waals surface area contributed by atoms with Gasteiger partial charge in [0.25, 0.3) is 0 Å². The summed E-state index contributed by atoms with van der Waals surface area (Å²) in [6.45, 7) is 4.82.